The minimum atomic E-state index is -4.27. The van der Waals surface area contributed by atoms with Crippen LogP contribution in [0.1, 0.15) is 18.9 Å². The maximum Gasteiger partial charge on any atom is 0.378 e. The number of carbonyl (C=O) groups is 1. The SMILES string of the molecule is CCC(O)(c1ccc(Cl)cc1)C(F)(F)C(=O)O. The number of carboxylic acids is 1. The molecule has 0 bridgehead atoms. The maximum atomic E-state index is 13.5. The fourth-order valence-corrected chi connectivity index (χ4v) is 1.64. The fourth-order valence-electron chi connectivity index (χ4n) is 1.51. The standard InChI is InChI=1S/C11H11ClF2O3/c1-2-10(17,11(13,14)9(15)16)7-3-5-8(12)6-4-7/h3-6,17H,2H2,1H3,(H,15,16). The number of hydrogen-bond donors (Lipinski definition) is 2. The van der Waals surface area contributed by atoms with E-state index in [9.17, 15) is 18.7 Å². The summed E-state index contributed by atoms with van der Waals surface area (Å²) in [5, 5.41) is 18.7. The second kappa shape index (κ2) is 4.58. The molecule has 0 amide bonds. The molecule has 2 N–H and O–H groups in total. The van der Waals surface area contributed by atoms with Gasteiger partial charge in [-0.1, -0.05) is 30.7 Å². The van der Waals surface area contributed by atoms with Crippen molar-refractivity contribution in [2.45, 2.75) is 24.9 Å². The van der Waals surface area contributed by atoms with Crippen molar-refractivity contribution < 1.29 is 23.8 Å². The Kier molecular flexibility index (Phi) is 3.74. The van der Waals surface area contributed by atoms with Gasteiger partial charge in [0.15, 0.2) is 5.60 Å². The first-order valence-corrected chi connectivity index (χ1v) is 5.23. The Morgan fingerprint density at radius 3 is 2.18 bits per heavy atom. The van der Waals surface area contributed by atoms with Gasteiger partial charge in [-0.2, -0.15) is 8.78 Å². The monoisotopic (exact) mass is 264 g/mol. The van der Waals surface area contributed by atoms with Crippen LogP contribution in [0.2, 0.25) is 5.02 Å². The Morgan fingerprint density at radius 2 is 1.82 bits per heavy atom. The van der Waals surface area contributed by atoms with Crippen molar-refractivity contribution in [1.82, 2.24) is 0 Å². The molecule has 17 heavy (non-hydrogen) atoms. The molecule has 0 saturated carbocycles. The molecule has 0 saturated heterocycles. The molecule has 0 aliphatic carbocycles. The van der Waals surface area contributed by atoms with Gasteiger partial charge in [0, 0.05) is 5.02 Å². The van der Waals surface area contributed by atoms with E-state index in [-0.39, 0.29) is 5.56 Å². The summed E-state index contributed by atoms with van der Waals surface area (Å²) >= 11 is 5.60. The van der Waals surface area contributed by atoms with Crippen LogP contribution < -0.4 is 0 Å². The number of halogens is 3. The van der Waals surface area contributed by atoms with E-state index in [2.05, 4.69) is 0 Å². The summed E-state index contributed by atoms with van der Waals surface area (Å²) in [6.45, 7) is 1.28. The third kappa shape index (κ3) is 2.25. The minimum absolute atomic E-state index is 0.184. The topological polar surface area (TPSA) is 57.5 Å². The van der Waals surface area contributed by atoms with Crippen molar-refractivity contribution in [3.63, 3.8) is 0 Å². The Bertz CT molecular complexity index is 419. The van der Waals surface area contributed by atoms with Gasteiger partial charge in [-0.05, 0) is 24.1 Å². The number of carboxylic acid groups (broad SMARTS) is 1. The van der Waals surface area contributed by atoms with Gasteiger partial charge in [0.25, 0.3) is 0 Å². The van der Waals surface area contributed by atoms with Crippen molar-refractivity contribution in [1.29, 1.82) is 0 Å². The molecule has 1 aromatic carbocycles. The molecule has 3 nitrogen and oxygen atoms in total. The molecule has 0 aliphatic heterocycles. The first kappa shape index (κ1) is 13.9. The van der Waals surface area contributed by atoms with Crippen LogP contribution in [0.3, 0.4) is 0 Å². The summed E-state index contributed by atoms with van der Waals surface area (Å²) in [5.74, 6) is -6.63. The highest BCUT2D eigenvalue weighted by molar-refractivity contribution is 6.30. The van der Waals surface area contributed by atoms with Crippen molar-refractivity contribution in [3.8, 4) is 0 Å². The molecule has 0 aliphatic rings. The molecular weight excluding hydrogens is 254 g/mol. The van der Waals surface area contributed by atoms with E-state index in [0.29, 0.717) is 5.02 Å². The van der Waals surface area contributed by atoms with E-state index in [1.54, 1.807) is 0 Å². The van der Waals surface area contributed by atoms with Crippen LogP contribution >= 0.6 is 11.6 Å². The average molecular weight is 265 g/mol. The van der Waals surface area contributed by atoms with Gasteiger partial charge in [-0.25, -0.2) is 4.79 Å². The van der Waals surface area contributed by atoms with Gasteiger partial charge in [0.2, 0.25) is 0 Å². The van der Waals surface area contributed by atoms with E-state index in [4.69, 9.17) is 16.7 Å². The Morgan fingerprint density at radius 1 is 1.35 bits per heavy atom. The molecule has 0 spiro atoms. The molecule has 1 rings (SSSR count). The highest BCUT2D eigenvalue weighted by atomic mass is 35.5. The van der Waals surface area contributed by atoms with Gasteiger partial charge in [-0.15, -0.1) is 0 Å². The summed E-state index contributed by atoms with van der Waals surface area (Å²) in [4.78, 5) is 10.5. The number of aliphatic hydroxyl groups is 1. The van der Waals surface area contributed by atoms with Crippen LogP contribution in [0.25, 0.3) is 0 Å². The molecule has 1 atom stereocenters. The largest absolute Gasteiger partial charge is 0.477 e. The zero-order chi connectivity index (χ0) is 13.3. The number of hydrogen-bond acceptors (Lipinski definition) is 2. The summed E-state index contributed by atoms with van der Waals surface area (Å²) in [7, 11) is 0. The van der Waals surface area contributed by atoms with Crippen molar-refractivity contribution in [3.05, 3.63) is 34.9 Å². The Hall–Kier alpha value is -1.20. The van der Waals surface area contributed by atoms with Crippen LogP contribution in [0.4, 0.5) is 8.78 Å². The summed E-state index contributed by atoms with van der Waals surface area (Å²) in [6.07, 6.45) is -0.437. The van der Waals surface area contributed by atoms with Gasteiger partial charge >= 0.3 is 11.9 Å². The van der Waals surface area contributed by atoms with Gasteiger partial charge in [-0.3, -0.25) is 0 Å². The van der Waals surface area contributed by atoms with Crippen molar-refractivity contribution in [2.75, 3.05) is 0 Å². The normalized spacial score (nSPS) is 15.4. The molecule has 94 valence electrons. The van der Waals surface area contributed by atoms with E-state index < -0.39 is 23.9 Å². The number of aliphatic carboxylic acids is 1. The summed E-state index contributed by atoms with van der Waals surface area (Å²) < 4.78 is 27.0. The van der Waals surface area contributed by atoms with Crippen LogP contribution in [0.5, 0.6) is 0 Å². The zero-order valence-electron chi connectivity index (χ0n) is 8.95. The van der Waals surface area contributed by atoms with Gasteiger partial charge in [0.1, 0.15) is 0 Å². The molecule has 0 fully saturated rings. The predicted octanol–water partition coefficient (Wildman–Crippen LogP) is 2.66. The Labute approximate surface area is 102 Å². The van der Waals surface area contributed by atoms with E-state index in [1.165, 1.54) is 31.2 Å². The molecule has 0 radical (unpaired) electrons. The third-order valence-corrected chi connectivity index (χ3v) is 2.87. The number of alkyl halides is 2. The first-order valence-electron chi connectivity index (χ1n) is 4.85. The highest BCUT2D eigenvalue weighted by Crippen LogP contribution is 2.40. The van der Waals surface area contributed by atoms with Crippen molar-refractivity contribution in [2.24, 2.45) is 0 Å². The lowest BCUT2D eigenvalue weighted by Gasteiger charge is -2.32. The molecule has 0 aromatic heterocycles. The van der Waals surface area contributed by atoms with E-state index in [0.717, 1.165) is 0 Å². The second-order valence-electron chi connectivity index (χ2n) is 3.60. The molecule has 1 unspecified atom stereocenters. The molecular formula is C11H11ClF2O3. The Balaban J connectivity index is 3.30. The first-order chi connectivity index (χ1) is 7.75. The molecule has 6 heteroatoms. The lowest BCUT2D eigenvalue weighted by Crippen LogP contribution is -2.50. The predicted molar refractivity (Wildman–Crippen MR) is 58.2 cm³/mol. The van der Waals surface area contributed by atoms with Crippen LogP contribution in [0.15, 0.2) is 24.3 Å². The third-order valence-electron chi connectivity index (χ3n) is 2.62. The quantitative estimate of drug-likeness (QED) is 0.879. The van der Waals surface area contributed by atoms with Gasteiger partial charge < -0.3 is 10.2 Å². The fraction of sp³-hybridized carbons (Fsp3) is 0.364. The summed E-state index contributed by atoms with van der Waals surface area (Å²) in [5.41, 5.74) is -2.93. The van der Waals surface area contributed by atoms with Crippen LogP contribution in [-0.4, -0.2) is 22.1 Å². The van der Waals surface area contributed by atoms with E-state index >= 15 is 0 Å². The maximum absolute atomic E-state index is 13.5. The zero-order valence-corrected chi connectivity index (χ0v) is 9.71. The number of rotatable bonds is 4. The average Bonchev–Trinajstić information content (AvgIpc) is 2.28. The van der Waals surface area contributed by atoms with Crippen LogP contribution in [-0.2, 0) is 10.4 Å². The second-order valence-corrected chi connectivity index (χ2v) is 4.04. The lowest BCUT2D eigenvalue weighted by molar-refractivity contribution is -0.213. The minimum Gasteiger partial charge on any atom is -0.477 e. The highest BCUT2D eigenvalue weighted by Gasteiger charge is 2.58. The van der Waals surface area contributed by atoms with Crippen molar-refractivity contribution >= 4 is 17.6 Å². The molecule has 0 heterocycles. The van der Waals surface area contributed by atoms with E-state index in [1.807, 2.05) is 0 Å². The summed E-state index contributed by atoms with van der Waals surface area (Å²) in [6, 6.07) is 5.00. The smallest absolute Gasteiger partial charge is 0.378 e. The van der Waals surface area contributed by atoms with Gasteiger partial charge in [0.05, 0.1) is 0 Å². The van der Waals surface area contributed by atoms with Crippen LogP contribution in [0, 0.1) is 0 Å². The lowest BCUT2D eigenvalue weighted by atomic mass is 9.85. The number of benzene rings is 1. The molecule has 1 aromatic rings.